The molecule has 0 aromatic carbocycles. The molecule has 0 amide bonds. The minimum Gasteiger partial charge on any atom is -0.394 e. The zero-order valence-electron chi connectivity index (χ0n) is 38.2. The predicted octanol–water partition coefficient (Wildman–Crippen LogP) is 1.12. The molecule has 63 heavy (non-hydrogen) atoms. The number of fused-ring (bicyclic) bond motifs is 4. The van der Waals surface area contributed by atoms with Crippen LogP contribution in [0.5, 0.6) is 0 Å². The average molecular weight is 897 g/mol. The highest BCUT2D eigenvalue weighted by atomic mass is 16.8. The van der Waals surface area contributed by atoms with Crippen molar-refractivity contribution in [1.82, 2.24) is 0 Å². The van der Waals surface area contributed by atoms with Gasteiger partial charge in [0, 0.05) is 16.7 Å². The van der Waals surface area contributed by atoms with Crippen molar-refractivity contribution < 1.29 is 79.1 Å². The average Bonchev–Trinajstić information content (AvgIpc) is 3.54. The standard InChI is InChI=1S/C47H76O16/c1-21-9-15-46-20-58-47(38(46)22(21)2)16-11-27-43(6)13-12-29(42(4,5)26(43)10-14-44(27,7)45(47,8)17-28(46)50)61-40-36(33(54)30(51)23(3)59-40)63-41-37(34(55)32(53)25(18-48)60-41)62-39-35(56)31(52)24(49)19-57-39/h11,16,21-41,48-56H,9-10,12-15,17-20H2,1-8H3/t21-,22?,23?,24?,25?,26+,27?,28-,29+,30?,31?,32?,33?,34?,35?,36?,37?,38?,39?,40?,41?,43+,44-,45+,46+,47+/m1/s1. The molecule has 9 rings (SSSR count). The molecule has 4 heterocycles. The Morgan fingerprint density at radius 3 is 2.06 bits per heavy atom. The monoisotopic (exact) mass is 897 g/mol. The molecule has 26 atom stereocenters. The van der Waals surface area contributed by atoms with Crippen molar-refractivity contribution >= 4 is 0 Å². The zero-order valence-corrected chi connectivity index (χ0v) is 38.2. The van der Waals surface area contributed by atoms with Crippen LogP contribution in [0.2, 0.25) is 0 Å². The maximum atomic E-state index is 12.2. The summed E-state index contributed by atoms with van der Waals surface area (Å²) in [5, 5.41) is 98.1. The van der Waals surface area contributed by atoms with Gasteiger partial charge >= 0.3 is 0 Å². The molecule has 16 nitrogen and oxygen atoms in total. The number of hydrogen-bond donors (Lipinski definition) is 9. The molecular formula is C47H76O16. The number of allylic oxidation sites excluding steroid dienone is 1. The van der Waals surface area contributed by atoms with Gasteiger partial charge in [0.1, 0.15) is 61.0 Å². The Morgan fingerprint density at radius 1 is 0.698 bits per heavy atom. The molecular weight excluding hydrogens is 821 g/mol. The van der Waals surface area contributed by atoms with Gasteiger partial charge in [-0.25, -0.2) is 0 Å². The summed E-state index contributed by atoms with van der Waals surface area (Å²) in [6.45, 7) is 17.6. The normalized spacial score (nSPS) is 59.8. The maximum absolute atomic E-state index is 12.2. The predicted molar refractivity (Wildman–Crippen MR) is 222 cm³/mol. The largest absolute Gasteiger partial charge is 0.394 e. The number of ether oxygens (including phenoxy) is 7. The van der Waals surface area contributed by atoms with Gasteiger partial charge in [0.15, 0.2) is 18.9 Å². The van der Waals surface area contributed by atoms with E-state index in [1.54, 1.807) is 6.92 Å². The van der Waals surface area contributed by atoms with Crippen LogP contribution >= 0.6 is 0 Å². The molecule has 5 aliphatic carbocycles. The Kier molecular flexibility index (Phi) is 12.1. The van der Waals surface area contributed by atoms with Gasteiger partial charge in [0.2, 0.25) is 0 Å². The van der Waals surface area contributed by atoms with Gasteiger partial charge < -0.3 is 79.1 Å². The Hall–Kier alpha value is -0.900. The highest BCUT2D eigenvalue weighted by Gasteiger charge is 2.79. The van der Waals surface area contributed by atoms with Crippen LogP contribution in [0.25, 0.3) is 0 Å². The van der Waals surface area contributed by atoms with Gasteiger partial charge in [-0.3, -0.25) is 0 Å². The summed E-state index contributed by atoms with van der Waals surface area (Å²) in [5.41, 5.74) is -1.67. The molecule has 2 bridgehead atoms. The summed E-state index contributed by atoms with van der Waals surface area (Å²) in [5.74, 6) is 1.64. The summed E-state index contributed by atoms with van der Waals surface area (Å²) in [4.78, 5) is 0. The number of rotatable bonds is 7. The smallest absolute Gasteiger partial charge is 0.187 e. The highest BCUT2D eigenvalue weighted by Crippen LogP contribution is 2.79. The summed E-state index contributed by atoms with van der Waals surface area (Å²) in [6.07, 6.45) is -10.7. The molecule has 4 aliphatic heterocycles. The topological polar surface area (TPSA) is 247 Å². The third-order valence-electron chi connectivity index (χ3n) is 19.8. The van der Waals surface area contributed by atoms with E-state index in [2.05, 4.69) is 60.6 Å². The molecule has 0 aromatic heterocycles. The second kappa shape index (κ2) is 16.1. The quantitative estimate of drug-likeness (QED) is 0.128. The lowest BCUT2D eigenvalue weighted by molar-refractivity contribution is -0.393. The van der Waals surface area contributed by atoms with Crippen LogP contribution in [0.1, 0.15) is 100 Å². The fourth-order valence-electron chi connectivity index (χ4n) is 15.8. The number of hydrogen-bond acceptors (Lipinski definition) is 16. The van der Waals surface area contributed by atoms with E-state index in [-0.39, 0.29) is 39.4 Å². The molecule has 360 valence electrons. The molecule has 4 saturated carbocycles. The minimum atomic E-state index is -1.78. The summed E-state index contributed by atoms with van der Waals surface area (Å²) in [7, 11) is 0. The van der Waals surface area contributed by atoms with Crippen molar-refractivity contribution in [2.45, 2.75) is 204 Å². The molecule has 0 radical (unpaired) electrons. The first-order valence-electron chi connectivity index (χ1n) is 23.8. The van der Waals surface area contributed by atoms with E-state index < -0.39 is 122 Å². The molecule has 8 fully saturated rings. The van der Waals surface area contributed by atoms with Crippen molar-refractivity contribution in [2.75, 3.05) is 19.8 Å². The van der Waals surface area contributed by atoms with Crippen LogP contribution in [0, 0.1) is 56.7 Å². The lowest BCUT2D eigenvalue weighted by Gasteiger charge is -2.73. The van der Waals surface area contributed by atoms with Crippen molar-refractivity contribution in [1.29, 1.82) is 0 Å². The van der Waals surface area contributed by atoms with E-state index in [9.17, 15) is 46.0 Å². The second-order valence-electron chi connectivity index (χ2n) is 22.9. The molecule has 16 heteroatoms. The minimum absolute atomic E-state index is 0.139. The van der Waals surface area contributed by atoms with Crippen molar-refractivity contribution in [3.8, 4) is 0 Å². The lowest BCUT2D eigenvalue weighted by atomic mass is 9.31. The Bertz CT molecular complexity index is 1720. The van der Waals surface area contributed by atoms with E-state index in [1.165, 1.54) is 0 Å². The SMILES string of the molecule is CC1OC(O[C@H]2CC[C@]3(C)C4C=C[C@]56OC[C@@]7(CC[C@@H](C)C(C)C75)[C@H](O)C[C@@]6(C)[C@]4(C)CC[C@H]3C2(C)C)C(OC2OC(CO)C(O)C(O)C2OC2OCC(O)C(O)C2O)C(O)C1O. The molecule has 17 unspecified atom stereocenters. The Balaban J connectivity index is 0.978. The van der Waals surface area contributed by atoms with Gasteiger partial charge in [0.25, 0.3) is 0 Å². The van der Waals surface area contributed by atoms with E-state index in [0.717, 1.165) is 38.5 Å². The van der Waals surface area contributed by atoms with Gasteiger partial charge in [-0.05, 0) is 91.8 Å². The second-order valence-corrected chi connectivity index (χ2v) is 22.9. The van der Waals surface area contributed by atoms with E-state index in [1.807, 2.05) is 0 Å². The first-order valence-corrected chi connectivity index (χ1v) is 23.8. The van der Waals surface area contributed by atoms with Crippen LogP contribution in [0.15, 0.2) is 12.2 Å². The summed E-state index contributed by atoms with van der Waals surface area (Å²) >= 11 is 0. The van der Waals surface area contributed by atoms with Crippen LogP contribution in [-0.4, -0.2) is 170 Å². The van der Waals surface area contributed by atoms with E-state index in [4.69, 9.17) is 33.2 Å². The zero-order chi connectivity index (χ0) is 45.6. The van der Waals surface area contributed by atoms with Gasteiger partial charge in [-0.2, -0.15) is 0 Å². The van der Waals surface area contributed by atoms with Gasteiger partial charge in [0.05, 0.1) is 43.7 Å². The van der Waals surface area contributed by atoms with Crippen LogP contribution < -0.4 is 0 Å². The molecule has 9 N–H and O–H groups in total. The number of aliphatic hydroxyl groups is 9. The van der Waals surface area contributed by atoms with Crippen LogP contribution in [0.4, 0.5) is 0 Å². The van der Waals surface area contributed by atoms with E-state index >= 15 is 0 Å². The van der Waals surface area contributed by atoms with Crippen molar-refractivity contribution in [3.63, 3.8) is 0 Å². The van der Waals surface area contributed by atoms with Gasteiger partial charge in [-0.15, -0.1) is 0 Å². The highest BCUT2D eigenvalue weighted by molar-refractivity contribution is 5.36. The first kappa shape index (κ1) is 47.2. The van der Waals surface area contributed by atoms with Crippen molar-refractivity contribution in [2.24, 2.45) is 56.7 Å². The third-order valence-corrected chi connectivity index (χ3v) is 19.8. The summed E-state index contributed by atoms with van der Waals surface area (Å²) < 4.78 is 44.0. The number of aliphatic hydroxyl groups excluding tert-OH is 9. The maximum Gasteiger partial charge on any atom is 0.187 e. The molecule has 4 saturated heterocycles. The fourth-order valence-corrected chi connectivity index (χ4v) is 15.8. The molecule has 1 spiro atoms. The molecule has 0 aromatic rings. The Morgan fingerprint density at radius 2 is 1.37 bits per heavy atom. The third kappa shape index (κ3) is 6.58. The lowest BCUT2D eigenvalue weighted by Crippen LogP contribution is -2.73. The van der Waals surface area contributed by atoms with E-state index in [0.29, 0.717) is 24.9 Å². The van der Waals surface area contributed by atoms with Crippen LogP contribution in [-0.2, 0) is 33.2 Å². The van der Waals surface area contributed by atoms with Crippen molar-refractivity contribution in [3.05, 3.63) is 12.2 Å². The Labute approximate surface area is 371 Å². The first-order chi connectivity index (χ1) is 29.5. The van der Waals surface area contributed by atoms with Crippen LogP contribution in [0.3, 0.4) is 0 Å². The summed E-state index contributed by atoms with van der Waals surface area (Å²) in [6, 6.07) is 0. The van der Waals surface area contributed by atoms with Gasteiger partial charge in [-0.1, -0.05) is 60.6 Å². The fraction of sp³-hybridized carbons (Fsp3) is 0.957. The molecule has 9 aliphatic rings.